The zero-order valence-corrected chi connectivity index (χ0v) is 12.5. The van der Waals surface area contributed by atoms with Crippen LogP contribution in [-0.2, 0) is 20.7 Å². The highest BCUT2D eigenvalue weighted by atomic mass is 35.5. The first kappa shape index (κ1) is 18.4. The molecule has 5 nitrogen and oxygen atoms in total. The number of halogens is 1. The Morgan fingerprint density at radius 2 is 1.90 bits per heavy atom. The second kappa shape index (κ2) is 9.34. The van der Waals surface area contributed by atoms with E-state index in [1.54, 1.807) is 6.92 Å². The maximum Gasteiger partial charge on any atom is 0.307 e. The predicted molar refractivity (Wildman–Crippen MR) is 79.6 cm³/mol. The van der Waals surface area contributed by atoms with E-state index in [9.17, 15) is 9.59 Å². The Morgan fingerprint density at radius 1 is 1.30 bits per heavy atom. The van der Waals surface area contributed by atoms with Crippen LogP contribution in [0.15, 0.2) is 30.3 Å². The van der Waals surface area contributed by atoms with Crippen LogP contribution in [0.4, 0.5) is 0 Å². The summed E-state index contributed by atoms with van der Waals surface area (Å²) in [5.41, 5.74) is 6.84. The van der Waals surface area contributed by atoms with E-state index in [-0.39, 0.29) is 36.7 Å². The van der Waals surface area contributed by atoms with Crippen LogP contribution in [0.1, 0.15) is 18.9 Å². The van der Waals surface area contributed by atoms with Crippen molar-refractivity contribution >= 4 is 24.3 Å². The number of benzene rings is 1. The lowest BCUT2D eigenvalue weighted by atomic mass is 10.1. The summed E-state index contributed by atoms with van der Waals surface area (Å²) in [5.74, 6) is -0.621. The summed E-state index contributed by atoms with van der Waals surface area (Å²) < 4.78 is 4.54. The number of ether oxygens (including phenoxy) is 1. The Bertz CT molecular complexity index is 426. The van der Waals surface area contributed by atoms with Crippen LogP contribution < -0.4 is 11.1 Å². The monoisotopic (exact) mass is 300 g/mol. The second-order valence-electron chi connectivity index (χ2n) is 4.49. The largest absolute Gasteiger partial charge is 0.469 e. The third-order valence-electron chi connectivity index (χ3n) is 2.72. The highest BCUT2D eigenvalue weighted by Crippen LogP contribution is 2.02. The number of nitrogens with one attached hydrogen (secondary N) is 1. The van der Waals surface area contributed by atoms with Crippen LogP contribution in [0.3, 0.4) is 0 Å². The van der Waals surface area contributed by atoms with Crippen molar-refractivity contribution in [3.8, 4) is 0 Å². The molecule has 0 aliphatic heterocycles. The topological polar surface area (TPSA) is 81.4 Å². The van der Waals surface area contributed by atoms with Gasteiger partial charge in [-0.15, -0.1) is 12.4 Å². The molecule has 0 aliphatic rings. The molecule has 1 rings (SSSR count). The van der Waals surface area contributed by atoms with Crippen LogP contribution in [0.2, 0.25) is 0 Å². The number of hydrogen-bond acceptors (Lipinski definition) is 4. The van der Waals surface area contributed by atoms with Gasteiger partial charge in [0, 0.05) is 6.04 Å². The van der Waals surface area contributed by atoms with Gasteiger partial charge in [0.25, 0.3) is 0 Å². The molecule has 0 aliphatic carbocycles. The first-order valence-corrected chi connectivity index (χ1v) is 6.19. The fourth-order valence-electron chi connectivity index (χ4n) is 1.69. The van der Waals surface area contributed by atoms with E-state index in [1.165, 1.54) is 7.11 Å². The van der Waals surface area contributed by atoms with E-state index in [0.717, 1.165) is 5.56 Å². The van der Waals surface area contributed by atoms with Crippen molar-refractivity contribution in [2.45, 2.75) is 31.8 Å². The van der Waals surface area contributed by atoms with Crippen LogP contribution >= 0.6 is 12.4 Å². The van der Waals surface area contributed by atoms with Crippen molar-refractivity contribution < 1.29 is 14.3 Å². The number of rotatable bonds is 6. The number of nitrogens with two attached hydrogens (primary N) is 1. The molecular weight excluding hydrogens is 280 g/mol. The zero-order valence-electron chi connectivity index (χ0n) is 11.7. The summed E-state index contributed by atoms with van der Waals surface area (Å²) >= 11 is 0. The van der Waals surface area contributed by atoms with Gasteiger partial charge >= 0.3 is 5.97 Å². The highest BCUT2D eigenvalue weighted by molar-refractivity contribution is 5.85. The molecule has 1 aromatic carbocycles. The molecule has 0 radical (unpaired) electrons. The van der Waals surface area contributed by atoms with Crippen LogP contribution in [-0.4, -0.2) is 31.1 Å². The van der Waals surface area contributed by atoms with E-state index in [0.29, 0.717) is 6.42 Å². The second-order valence-corrected chi connectivity index (χ2v) is 4.49. The quantitative estimate of drug-likeness (QED) is 0.769. The number of carbonyl (C=O) groups is 2. The molecular formula is C14H21ClN2O3. The van der Waals surface area contributed by atoms with Gasteiger partial charge in [-0.2, -0.15) is 0 Å². The van der Waals surface area contributed by atoms with Gasteiger partial charge in [0.1, 0.15) is 0 Å². The molecule has 0 bridgehead atoms. The third-order valence-corrected chi connectivity index (χ3v) is 2.72. The lowest BCUT2D eigenvalue weighted by molar-refractivity contribution is -0.141. The Hall–Kier alpha value is -1.59. The maximum absolute atomic E-state index is 11.8. The molecule has 2 unspecified atom stereocenters. The van der Waals surface area contributed by atoms with Crippen molar-refractivity contribution in [3.05, 3.63) is 35.9 Å². The van der Waals surface area contributed by atoms with Crippen LogP contribution in [0, 0.1) is 0 Å². The minimum absolute atomic E-state index is 0. The summed E-state index contributed by atoms with van der Waals surface area (Å²) in [5, 5.41) is 2.70. The molecule has 20 heavy (non-hydrogen) atoms. The zero-order chi connectivity index (χ0) is 14.3. The summed E-state index contributed by atoms with van der Waals surface area (Å²) in [7, 11) is 1.32. The van der Waals surface area contributed by atoms with Gasteiger partial charge in [-0.05, 0) is 18.9 Å². The predicted octanol–water partition coefficient (Wildman–Crippen LogP) is 1.05. The molecule has 6 heteroatoms. The van der Waals surface area contributed by atoms with Gasteiger partial charge in [-0.3, -0.25) is 9.59 Å². The lowest BCUT2D eigenvalue weighted by Gasteiger charge is -2.16. The first-order valence-electron chi connectivity index (χ1n) is 6.19. The molecule has 0 saturated heterocycles. The number of carbonyl (C=O) groups excluding carboxylic acids is 2. The van der Waals surface area contributed by atoms with Crippen molar-refractivity contribution in [3.63, 3.8) is 0 Å². The molecule has 1 aromatic rings. The summed E-state index contributed by atoms with van der Waals surface area (Å²) in [6.07, 6.45) is 0.609. The van der Waals surface area contributed by atoms with E-state index >= 15 is 0 Å². The first-order chi connectivity index (χ1) is 9.02. The number of amides is 1. The Labute approximate surface area is 125 Å². The molecule has 0 saturated carbocycles. The number of methoxy groups -OCH3 is 1. The Kier molecular flexibility index (Phi) is 8.59. The van der Waals surface area contributed by atoms with Crippen molar-refractivity contribution in [2.24, 2.45) is 5.73 Å². The minimum Gasteiger partial charge on any atom is -0.469 e. The maximum atomic E-state index is 11.8. The third kappa shape index (κ3) is 6.54. The van der Waals surface area contributed by atoms with Gasteiger partial charge in [0.05, 0.1) is 19.6 Å². The van der Waals surface area contributed by atoms with Gasteiger partial charge in [-0.25, -0.2) is 0 Å². The molecule has 1 amide bonds. The Morgan fingerprint density at radius 3 is 2.45 bits per heavy atom. The van der Waals surface area contributed by atoms with Gasteiger partial charge in [-0.1, -0.05) is 30.3 Å². The fraction of sp³-hybridized carbons (Fsp3) is 0.429. The SMILES string of the molecule is COC(=O)CC(C)NC(=O)C(N)Cc1ccccc1.Cl. The average Bonchev–Trinajstić information content (AvgIpc) is 2.39. The van der Waals surface area contributed by atoms with Gasteiger partial charge < -0.3 is 15.8 Å². The fourth-order valence-corrected chi connectivity index (χ4v) is 1.69. The minimum atomic E-state index is -0.623. The van der Waals surface area contributed by atoms with E-state index in [2.05, 4.69) is 10.1 Å². The van der Waals surface area contributed by atoms with Crippen molar-refractivity contribution in [1.82, 2.24) is 5.32 Å². The molecule has 0 fully saturated rings. The molecule has 112 valence electrons. The molecule has 2 atom stereocenters. The summed E-state index contributed by atoms with van der Waals surface area (Å²) in [6, 6.07) is 8.65. The normalized spacial score (nSPS) is 12.8. The van der Waals surface area contributed by atoms with E-state index in [4.69, 9.17) is 5.73 Å². The van der Waals surface area contributed by atoms with Gasteiger partial charge in [0.15, 0.2) is 0 Å². The van der Waals surface area contributed by atoms with E-state index < -0.39 is 6.04 Å². The van der Waals surface area contributed by atoms with Gasteiger partial charge in [0.2, 0.25) is 5.91 Å². The average molecular weight is 301 g/mol. The standard InChI is InChI=1S/C14H20N2O3.ClH/c1-10(8-13(17)19-2)16-14(18)12(15)9-11-6-4-3-5-7-11;/h3-7,10,12H,8-9,15H2,1-2H3,(H,16,18);1H. The molecule has 0 heterocycles. The summed E-state index contributed by atoms with van der Waals surface area (Å²) in [4.78, 5) is 22.9. The van der Waals surface area contributed by atoms with Crippen molar-refractivity contribution in [1.29, 1.82) is 0 Å². The number of hydrogen-bond donors (Lipinski definition) is 2. The summed E-state index contributed by atoms with van der Waals surface area (Å²) in [6.45, 7) is 1.74. The molecule has 3 N–H and O–H groups in total. The molecule has 0 aromatic heterocycles. The van der Waals surface area contributed by atoms with E-state index in [1.807, 2.05) is 30.3 Å². The van der Waals surface area contributed by atoms with Crippen LogP contribution in [0.25, 0.3) is 0 Å². The smallest absolute Gasteiger partial charge is 0.307 e. The van der Waals surface area contributed by atoms with Crippen molar-refractivity contribution in [2.75, 3.05) is 7.11 Å². The highest BCUT2D eigenvalue weighted by Gasteiger charge is 2.17. The lowest BCUT2D eigenvalue weighted by Crippen LogP contribution is -2.46. The Balaban J connectivity index is 0.00000361. The van der Waals surface area contributed by atoms with Crippen LogP contribution in [0.5, 0.6) is 0 Å². The molecule has 0 spiro atoms. The number of esters is 1.